The number of phenolic OH excluding ortho intramolecular Hbond substituents is 1. The van der Waals surface area contributed by atoms with E-state index in [1.165, 1.54) is 30.3 Å². The number of anilines is 3. The molecule has 0 heterocycles. The Balaban J connectivity index is 1.92. The van der Waals surface area contributed by atoms with E-state index in [2.05, 4.69) is 36.1 Å². The van der Waals surface area contributed by atoms with Crippen LogP contribution in [0.2, 0.25) is 0 Å². The zero-order valence-corrected chi connectivity index (χ0v) is 20.2. The van der Waals surface area contributed by atoms with Crippen molar-refractivity contribution in [2.45, 2.75) is 26.2 Å². The summed E-state index contributed by atoms with van der Waals surface area (Å²) >= 11 is 0. The van der Waals surface area contributed by atoms with Gasteiger partial charge in [0.25, 0.3) is 11.8 Å². The first kappa shape index (κ1) is 24.8. The van der Waals surface area contributed by atoms with Crippen LogP contribution in [0.25, 0.3) is 0 Å². The van der Waals surface area contributed by atoms with Gasteiger partial charge in [0.15, 0.2) is 0 Å². The maximum Gasteiger partial charge on any atom is 0.257 e. The molecule has 0 saturated carbocycles. The van der Waals surface area contributed by atoms with Crippen LogP contribution in [0.1, 0.15) is 47.1 Å². The van der Waals surface area contributed by atoms with E-state index in [0.717, 1.165) is 11.8 Å². The largest absolute Gasteiger partial charge is 0.508 e. The second kappa shape index (κ2) is 9.56. The van der Waals surface area contributed by atoms with Crippen molar-refractivity contribution in [1.29, 1.82) is 0 Å². The summed E-state index contributed by atoms with van der Waals surface area (Å²) in [5, 5.41) is 15.0. The number of benzene rings is 3. The zero-order valence-electron chi connectivity index (χ0n) is 19.3. The Morgan fingerprint density at radius 3 is 2.09 bits per heavy atom. The van der Waals surface area contributed by atoms with Gasteiger partial charge in [0, 0.05) is 17.3 Å². The van der Waals surface area contributed by atoms with Gasteiger partial charge in [0.05, 0.1) is 23.2 Å². The van der Waals surface area contributed by atoms with Crippen molar-refractivity contribution >= 4 is 38.9 Å². The highest BCUT2D eigenvalue weighted by Gasteiger charge is 2.18. The van der Waals surface area contributed by atoms with Crippen LogP contribution in [0, 0.1) is 0 Å². The number of nitrogens with one attached hydrogen (secondary N) is 3. The van der Waals surface area contributed by atoms with Crippen molar-refractivity contribution in [3.8, 4) is 5.75 Å². The van der Waals surface area contributed by atoms with Crippen LogP contribution in [0.15, 0.2) is 66.7 Å². The molecule has 3 aromatic carbocycles. The van der Waals surface area contributed by atoms with Gasteiger partial charge in [-0.1, -0.05) is 39.0 Å². The molecule has 8 nitrogen and oxygen atoms in total. The molecule has 0 spiro atoms. The van der Waals surface area contributed by atoms with Crippen molar-refractivity contribution in [3.05, 3.63) is 83.4 Å². The number of hydrogen-bond acceptors (Lipinski definition) is 5. The Bertz CT molecular complexity index is 1330. The van der Waals surface area contributed by atoms with Gasteiger partial charge >= 0.3 is 0 Å². The van der Waals surface area contributed by atoms with E-state index in [4.69, 9.17) is 0 Å². The first-order valence-corrected chi connectivity index (χ1v) is 12.3. The smallest absolute Gasteiger partial charge is 0.257 e. The predicted molar refractivity (Wildman–Crippen MR) is 134 cm³/mol. The molecule has 0 saturated heterocycles. The summed E-state index contributed by atoms with van der Waals surface area (Å²) < 4.78 is 25.7. The summed E-state index contributed by atoms with van der Waals surface area (Å²) in [4.78, 5) is 25.9. The number of aromatic hydroxyl groups is 1. The summed E-state index contributed by atoms with van der Waals surface area (Å²) in [5.41, 5.74) is 2.16. The molecule has 3 rings (SSSR count). The lowest BCUT2D eigenvalue weighted by Crippen LogP contribution is -2.19. The minimum Gasteiger partial charge on any atom is -0.508 e. The van der Waals surface area contributed by atoms with E-state index >= 15 is 0 Å². The predicted octanol–water partition coefficient (Wildman–Crippen LogP) is 4.57. The first-order chi connectivity index (χ1) is 15.8. The molecule has 0 radical (unpaired) electrons. The minimum atomic E-state index is -3.57. The van der Waals surface area contributed by atoms with Crippen molar-refractivity contribution in [2.75, 3.05) is 21.6 Å². The van der Waals surface area contributed by atoms with Gasteiger partial charge in [-0.3, -0.25) is 14.3 Å². The highest BCUT2D eigenvalue weighted by atomic mass is 32.2. The molecule has 9 heteroatoms. The Kier molecular flexibility index (Phi) is 6.97. The average molecular weight is 482 g/mol. The lowest BCUT2D eigenvalue weighted by Gasteiger charge is -2.19. The van der Waals surface area contributed by atoms with Crippen LogP contribution in [0.3, 0.4) is 0 Å². The van der Waals surface area contributed by atoms with Crippen LogP contribution in [0.5, 0.6) is 5.75 Å². The fourth-order valence-corrected chi connectivity index (χ4v) is 3.78. The maximum absolute atomic E-state index is 12.9. The van der Waals surface area contributed by atoms with E-state index in [1.807, 2.05) is 12.1 Å². The third-order valence-corrected chi connectivity index (χ3v) is 5.54. The van der Waals surface area contributed by atoms with Gasteiger partial charge in [0.1, 0.15) is 5.75 Å². The molecule has 0 aliphatic heterocycles. The molecule has 0 unspecified atom stereocenters. The summed E-state index contributed by atoms with van der Waals surface area (Å²) in [7, 11) is -3.57. The van der Waals surface area contributed by atoms with Gasteiger partial charge in [-0.05, 0) is 53.4 Å². The molecule has 2 amide bonds. The first-order valence-electron chi connectivity index (χ1n) is 10.5. The molecule has 0 fully saturated rings. The molecule has 0 aliphatic carbocycles. The topological polar surface area (TPSA) is 125 Å². The standard InChI is InChI=1S/C25H27N3O5S/c1-25(2,3)17-10-8-16(9-11-17)23(30)27-22-15-19(28-34(4,32)33)12-13-21(22)24(31)26-18-6-5-7-20(29)14-18/h5-15,28-29H,1-4H3,(H,26,31)(H,27,30). The number of amides is 2. The highest BCUT2D eigenvalue weighted by Crippen LogP contribution is 2.26. The second-order valence-corrected chi connectivity index (χ2v) is 10.7. The monoisotopic (exact) mass is 481 g/mol. The second-order valence-electron chi connectivity index (χ2n) is 8.92. The molecule has 4 N–H and O–H groups in total. The summed E-state index contributed by atoms with van der Waals surface area (Å²) in [6, 6.07) is 17.4. The third-order valence-electron chi connectivity index (χ3n) is 4.93. The van der Waals surface area contributed by atoms with Crippen LogP contribution in [-0.4, -0.2) is 31.6 Å². The molecule has 0 aromatic heterocycles. The molecule has 34 heavy (non-hydrogen) atoms. The number of hydrogen-bond donors (Lipinski definition) is 4. The zero-order chi connectivity index (χ0) is 25.1. The van der Waals surface area contributed by atoms with Gasteiger partial charge in [0.2, 0.25) is 10.0 Å². The van der Waals surface area contributed by atoms with Crippen molar-refractivity contribution in [1.82, 2.24) is 0 Å². The lowest BCUT2D eigenvalue weighted by atomic mass is 9.86. The number of sulfonamides is 1. The summed E-state index contributed by atoms with van der Waals surface area (Å²) in [5.74, 6) is -1.02. The van der Waals surface area contributed by atoms with Crippen molar-refractivity contribution in [2.24, 2.45) is 0 Å². The average Bonchev–Trinajstić information content (AvgIpc) is 2.72. The fraction of sp³-hybridized carbons (Fsp3) is 0.200. The number of carbonyl (C=O) groups is 2. The normalized spacial score (nSPS) is 11.5. The van der Waals surface area contributed by atoms with Gasteiger partial charge in [-0.2, -0.15) is 0 Å². The van der Waals surface area contributed by atoms with Crippen LogP contribution in [-0.2, 0) is 15.4 Å². The highest BCUT2D eigenvalue weighted by molar-refractivity contribution is 7.92. The molecule has 0 bridgehead atoms. The summed E-state index contributed by atoms with van der Waals surface area (Å²) in [6.07, 6.45) is 1.00. The van der Waals surface area contributed by atoms with Crippen LogP contribution in [0.4, 0.5) is 17.1 Å². The van der Waals surface area contributed by atoms with E-state index in [-0.39, 0.29) is 28.1 Å². The number of rotatable bonds is 6. The van der Waals surface area contributed by atoms with Crippen LogP contribution < -0.4 is 15.4 Å². The van der Waals surface area contributed by atoms with E-state index < -0.39 is 21.8 Å². The van der Waals surface area contributed by atoms with Gasteiger partial charge in [-0.15, -0.1) is 0 Å². The Labute approximate surface area is 199 Å². The molecule has 178 valence electrons. The lowest BCUT2D eigenvalue weighted by molar-refractivity contribution is 0.102. The number of phenols is 1. The quantitative estimate of drug-likeness (QED) is 0.411. The molecule has 0 aliphatic rings. The Hall–Kier alpha value is -3.85. The van der Waals surface area contributed by atoms with Crippen molar-refractivity contribution < 1.29 is 23.1 Å². The van der Waals surface area contributed by atoms with Crippen molar-refractivity contribution in [3.63, 3.8) is 0 Å². The SMILES string of the molecule is CC(C)(C)c1ccc(C(=O)Nc2cc(NS(C)(=O)=O)ccc2C(=O)Nc2cccc(O)c2)cc1. The number of carbonyl (C=O) groups excluding carboxylic acids is 2. The van der Waals surface area contributed by atoms with E-state index in [0.29, 0.717) is 11.3 Å². The molecule has 3 aromatic rings. The third kappa shape index (κ3) is 6.58. The Morgan fingerprint density at radius 2 is 1.50 bits per heavy atom. The maximum atomic E-state index is 12.9. The summed E-state index contributed by atoms with van der Waals surface area (Å²) in [6.45, 7) is 6.21. The van der Waals surface area contributed by atoms with E-state index in [1.54, 1.807) is 24.3 Å². The fourth-order valence-electron chi connectivity index (χ4n) is 3.22. The van der Waals surface area contributed by atoms with Gasteiger partial charge in [-0.25, -0.2) is 8.42 Å². The Morgan fingerprint density at radius 1 is 0.824 bits per heavy atom. The van der Waals surface area contributed by atoms with Gasteiger partial charge < -0.3 is 15.7 Å². The minimum absolute atomic E-state index is 0.0160. The molecular weight excluding hydrogens is 454 g/mol. The molecule has 0 atom stereocenters. The molecular formula is C25H27N3O5S. The van der Waals surface area contributed by atoms with Crippen LogP contribution >= 0.6 is 0 Å². The van der Waals surface area contributed by atoms with E-state index in [9.17, 15) is 23.1 Å².